The summed E-state index contributed by atoms with van der Waals surface area (Å²) in [6, 6.07) is 5.72. The van der Waals surface area contributed by atoms with Gasteiger partial charge in [-0.15, -0.1) is 0 Å². The molecule has 0 spiro atoms. The molecule has 0 atom stereocenters. The summed E-state index contributed by atoms with van der Waals surface area (Å²) >= 11 is 0. The van der Waals surface area contributed by atoms with E-state index in [9.17, 15) is 4.79 Å². The van der Waals surface area contributed by atoms with E-state index in [1.54, 1.807) is 7.11 Å². The van der Waals surface area contributed by atoms with Gasteiger partial charge in [0.1, 0.15) is 5.75 Å². The average molecular weight is 264 g/mol. The number of rotatable bonds is 7. The van der Waals surface area contributed by atoms with Crippen LogP contribution >= 0.6 is 0 Å². The summed E-state index contributed by atoms with van der Waals surface area (Å²) in [6.45, 7) is 6.85. The van der Waals surface area contributed by atoms with Crippen molar-refractivity contribution < 1.29 is 9.53 Å². The molecule has 0 bridgehead atoms. The molecule has 1 amide bonds. The Hall–Kier alpha value is -1.71. The molecule has 0 saturated heterocycles. The van der Waals surface area contributed by atoms with E-state index in [4.69, 9.17) is 4.74 Å². The monoisotopic (exact) mass is 264 g/mol. The van der Waals surface area contributed by atoms with Crippen LogP contribution in [0.25, 0.3) is 0 Å². The maximum absolute atomic E-state index is 11.1. The summed E-state index contributed by atoms with van der Waals surface area (Å²) < 4.78 is 5.29. The normalized spacial score (nSPS) is 10.4. The number of hydrogen-bond acceptors (Lipinski definition) is 3. The number of carbonyl (C=O) groups excluding carboxylic acids is 1. The van der Waals surface area contributed by atoms with Gasteiger partial charge in [0.25, 0.3) is 0 Å². The quantitative estimate of drug-likeness (QED) is 0.792. The number of nitrogens with one attached hydrogen (secondary N) is 2. The number of methoxy groups -OCH3 is 1. The van der Waals surface area contributed by atoms with E-state index in [0.717, 1.165) is 12.2 Å². The summed E-state index contributed by atoms with van der Waals surface area (Å²) in [5.41, 5.74) is 1.71. The molecule has 0 heterocycles. The van der Waals surface area contributed by atoms with Gasteiger partial charge in [-0.05, 0) is 18.1 Å². The van der Waals surface area contributed by atoms with Gasteiger partial charge >= 0.3 is 0 Å². The van der Waals surface area contributed by atoms with Crippen molar-refractivity contribution >= 4 is 17.3 Å². The molecule has 4 nitrogen and oxygen atoms in total. The molecule has 0 unspecified atom stereocenters. The Labute approximate surface area is 115 Å². The fraction of sp³-hybridized carbons (Fsp3) is 0.533. The van der Waals surface area contributed by atoms with E-state index < -0.39 is 0 Å². The second kappa shape index (κ2) is 7.67. The Bertz CT molecular complexity index is 415. The fourth-order valence-corrected chi connectivity index (χ4v) is 1.93. The van der Waals surface area contributed by atoms with E-state index in [1.165, 1.54) is 19.8 Å². The first-order valence-electron chi connectivity index (χ1n) is 6.80. The highest BCUT2D eigenvalue weighted by Gasteiger charge is 2.07. The lowest BCUT2D eigenvalue weighted by Crippen LogP contribution is -2.13. The summed E-state index contributed by atoms with van der Waals surface area (Å²) in [7, 11) is 1.60. The summed E-state index contributed by atoms with van der Waals surface area (Å²) in [6.07, 6.45) is 2.34. The van der Waals surface area contributed by atoms with Crippen LogP contribution in [0.5, 0.6) is 5.75 Å². The van der Waals surface area contributed by atoms with Crippen molar-refractivity contribution in [2.75, 3.05) is 24.3 Å². The smallest absolute Gasteiger partial charge is 0.221 e. The maximum Gasteiger partial charge on any atom is 0.221 e. The zero-order valence-electron chi connectivity index (χ0n) is 12.2. The van der Waals surface area contributed by atoms with Crippen LogP contribution in [0.1, 0.15) is 33.6 Å². The third kappa shape index (κ3) is 4.81. The molecule has 0 radical (unpaired) electrons. The first-order chi connectivity index (χ1) is 9.10. The molecule has 0 aliphatic heterocycles. The van der Waals surface area contributed by atoms with Crippen molar-refractivity contribution in [3.8, 4) is 5.75 Å². The van der Waals surface area contributed by atoms with Gasteiger partial charge in [0.2, 0.25) is 5.91 Å². The van der Waals surface area contributed by atoms with Gasteiger partial charge in [-0.2, -0.15) is 0 Å². The highest BCUT2D eigenvalue weighted by molar-refractivity contribution is 5.90. The van der Waals surface area contributed by atoms with Gasteiger partial charge in [0.15, 0.2) is 0 Å². The molecule has 0 aliphatic rings. The van der Waals surface area contributed by atoms with E-state index in [2.05, 4.69) is 24.5 Å². The number of ether oxygens (including phenoxy) is 1. The lowest BCUT2D eigenvalue weighted by atomic mass is 10.0. The van der Waals surface area contributed by atoms with E-state index >= 15 is 0 Å². The largest absolute Gasteiger partial charge is 0.494 e. The molecule has 0 aromatic heterocycles. The van der Waals surface area contributed by atoms with Crippen LogP contribution in [0.15, 0.2) is 18.2 Å². The minimum absolute atomic E-state index is 0.101. The van der Waals surface area contributed by atoms with Gasteiger partial charge in [-0.25, -0.2) is 0 Å². The minimum atomic E-state index is -0.101. The Morgan fingerprint density at radius 2 is 2.00 bits per heavy atom. The van der Waals surface area contributed by atoms with Crippen LogP contribution in [0.2, 0.25) is 0 Å². The van der Waals surface area contributed by atoms with Crippen molar-refractivity contribution in [3.05, 3.63) is 18.2 Å². The lowest BCUT2D eigenvalue weighted by Gasteiger charge is -2.16. The molecule has 1 rings (SSSR count). The summed E-state index contributed by atoms with van der Waals surface area (Å²) in [5.74, 6) is 1.25. The van der Waals surface area contributed by atoms with Crippen molar-refractivity contribution in [1.29, 1.82) is 0 Å². The molecule has 106 valence electrons. The van der Waals surface area contributed by atoms with Gasteiger partial charge in [-0.3, -0.25) is 4.79 Å². The van der Waals surface area contributed by atoms with Gasteiger partial charge in [-0.1, -0.05) is 26.7 Å². The van der Waals surface area contributed by atoms with Crippen molar-refractivity contribution in [2.45, 2.75) is 33.6 Å². The summed E-state index contributed by atoms with van der Waals surface area (Å²) in [5, 5.41) is 6.16. The van der Waals surface area contributed by atoms with Crippen LogP contribution < -0.4 is 15.4 Å². The predicted molar refractivity (Wildman–Crippen MR) is 79.9 cm³/mol. The number of hydrogen-bond donors (Lipinski definition) is 2. The SMILES string of the molecule is CCC(CC)CNc1ccc(NC(C)=O)c(OC)c1. The van der Waals surface area contributed by atoms with Crippen molar-refractivity contribution in [2.24, 2.45) is 5.92 Å². The Morgan fingerprint density at radius 3 is 2.53 bits per heavy atom. The molecule has 0 saturated carbocycles. The van der Waals surface area contributed by atoms with E-state index in [1.807, 2.05) is 18.2 Å². The van der Waals surface area contributed by atoms with Crippen LogP contribution in [0.4, 0.5) is 11.4 Å². The van der Waals surface area contributed by atoms with Crippen molar-refractivity contribution in [1.82, 2.24) is 0 Å². The number of anilines is 2. The first-order valence-corrected chi connectivity index (χ1v) is 6.80. The molecule has 1 aromatic carbocycles. The topological polar surface area (TPSA) is 50.4 Å². The third-order valence-electron chi connectivity index (χ3n) is 3.26. The van der Waals surface area contributed by atoms with Crippen LogP contribution in [0.3, 0.4) is 0 Å². The zero-order chi connectivity index (χ0) is 14.3. The molecule has 2 N–H and O–H groups in total. The van der Waals surface area contributed by atoms with Crippen molar-refractivity contribution in [3.63, 3.8) is 0 Å². The summed E-state index contributed by atoms with van der Waals surface area (Å²) in [4.78, 5) is 11.1. The average Bonchev–Trinajstić information content (AvgIpc) is 2.40. The lowest BCUT2D eigenvalue weighted by molar-refractivity contribution is -0.114. The number of amides is 1. The zero-order valence-corrected chi connectivity index (χ0v) is 12.2. The molecule has 19 heavy (non-hydrogen) atoms. The van der Waals surface area contributed by atoms with E-state index in [0.29, 0.717) is 17.4 Å². The van der Waals surface area contributed by atoms with Gasteiger partial charge in [0.05, 0.1) is 12.8 Å². The Kier molecular flexibility index (Phi) is 6.19. The second-order valence-corrected chi connectivity index (χ2v) is 4.66. The highest BCUT2D eigenvalue weighted by atomic mass is 16.5. The molecule has 0 aliphatic carbocycles. The molecular weight excluding hydrogens is 240 g/mol. The Balaban J connectivity index is 2.73. The standard InChI is InChI=1S/C15H24N2O2/c1-5-12(6-2)10-16-13-7-8-14(17-11(3)18)15(9-13)19-4/h7-9,12,16H,5-6,10H2,1-4H3,(H,17,18). The minimum Gasteiger partial charge on any atom is -0.494 e. The molecule has 4 heteroatoms. The van der Waals surface area contributed by atoms with E-state index in [-0.39, 0.29) is 5.91 Å². The third-order valence-corrected chi connectivity index (χ3v) is 3.26. The first kappa shape index (κ1) is 15.3. The van der Waals surface area contributed by atoms with Gasteiger partial charge < -0.3 is 15.4 Å². The number of benzene rings is 1. The highest BCUT2D eigenvalue weighted by Crippen LogP contribution is 2.28. The maximum atomic E-state index is 11.1. The number of carbonyl (C=O) groups is 1. The fourth-order valence-electron chi connectivity index (χ4n) is 1.93. The van der Waals surface area contributed by atoms with Crippen LogP contribution in [-0.2, 0) is 4.79 Å². The predicted octanol–water partition coefficient (Wildman–Crippen LogP) is 3.50. The molecular formula is C15H24N2O2. The van der Waals surface area contributed by atoms with Crippen LogP contribution in [-0.4, -0.2) is 19.6 Å². The van der Waals surface area contributed by atoms with Crippen LogP contribution in [0, 0.1) is 5.92 Å². The second-order valence-electron chi connectivity index (χ2n) is 4.66. The van der Waals surface area contributed by atoms with Gasteiger partial charge in [0, 0.05) is 25.2 Å². The molecule has 1 aromatic rings. The molecule has 0 fully saturated rings. The Morgan fingerprint density at radius 1 is 1.32 bits per heavy atom.